The molecule has 0 aliphatic heterocycles. The monoisotopic (exact) mass is 245 g/mol. The SMILES string of the molecule is CC(C)NC(C)c1nc2ccccc2c(=O)n1C. The fourth-order valence-electron chi connectivity index (χ4n) is 2.20. The van der Waals surface area contributed by atoms with Crippen LogP contribution in [0, 0.1) is 0 Å². The molecule has 1 aromatic carbocycles. The quantitative estimate of drug-likeness (QED) is 0.899. The van der Waals surface area contributed by atoms with Crippen LogP contribution >= 0.6 is 0 Å². The first-order chi connectivity index (χ1) is 8.50. The Bertz CT molecular complexity index is 616. The number of hydrogen-bond donors (Lipinski definition) is 1. The molecule has 0 radical (unpaired) electrons. The van der Waals surface area contributed by atoms with Gasteiger partial charge in [0.25, 0.3) is 5.56 Å². The van der Waals surface area contributed by atoms with E-state index < -0.39 is 0 Å². The van der Waals surface area contributed by atoms with Crippen LogP contribution in [-0.2, 0) is 7.05 Å². The lowest BCUT2D eigenvalue weighted by Crippen LogP contribution is -2.32. The number of rotatable bonds is 3. The molecule has 1 heterocycles. The van der Waals surface area contributed by atoms with E-state index in [1.54, 1.807) is 11.6 Å². The highest BCUT2D eigenvalue weighted by Crippen LogP contribution is 2.13. The number of fused-ring (bicyclic) bond motifs is 1. The summed E-state index contributed by atoms with van der Waals surface area (Å²) in [6, 6.07) is 7.85. The number of nitrogens with one attached hydrogen (secondary N) is 1. The summed E-state index contributed by atoms with van der Waals surface area (Å²) in [4.78, 5) is 16.8. The highest BCUT2D eigenvalue weighted by molar-refractivity contribution is 5.77. The molecule has 0 aliphatic rings. The van der Waals surface area contributed by atoms with Crippen molar-refractivity contribution in [2.45, 2.75) is 32.9 Å². The predicted octanol–water partition coefficient (Wildman–Crippen LogP) is 1.99. The number of aromatic nitrogens is 2. The molecule has 4 nitrogen and oxygen atoms in total. The molecule has 1 N–H and O–H groups in total. The maximum atomic E-state index is 12.2. The maximum absolute atomic E-state index is 12.2. The van der Waals surface area contributed by atoms with Gasteiger partial charge in [0.15, 0.2) is 0 Å². The molecule has 0 bridgehead atoms. The molecule has 0 amide bonds. The van der Waals surface area contributed by atoms with Gasteiger partial charge in [-0.05, 0) is 19.1 Å². The first-order valence-electron chi connectivity index (χ1n) is 6.22. The fraction of sp³-hybridized carbons (Fsp3) is 0.429. The molecule has 96 valence electrons. The van der Waals surface area contributed by atoms with Crippen LogP contribution in [0.5, 0.6) is 0 Å². The summed E-state index contributed by atoms with van der Waals surface area (Å²) in [6.07, 6.45) is 0. The Morgan fingerprint density at radius 3 is 2.56 bits per heavy atom. The minimum Gasteiger partial charge on any atom is -0.305 e. The van der Waals surface area contributed by atoms with E-state index in [-0.39, 0.29) is 11.6 Å². The van der Waals surface area contributed by atoms with Crippen molar-refractivity contribution in [3.8, 4) is 0 Å². The van der Waals surface area contributed by atoms with Gasteiger partial charge in [0.05, 0.1) is 16.9 Å². The van der Waals surface area contributed by atoms with Crippen molar-refractivity contribution in [3.05, 3.63) is 40.4 Å². The zero-order valence-corrected chi connectivity index (χ0v) is 11.3. The number of hydrogen-bond acceptors (Lipinski definition) is 3. The summed E-state index contributed by atoms with van der Waals surface area (Å²) in [5, 5.41) is 4.04. The summed E-state index contributed by atoms with van der Waals surface area (Å²) >= 11 is 0. The maximum Gasteiger partial charge on any atom is 0.261 e. The molecule has 1 atom stereocenters. The van der Waals surface area contributed by atoms with Gasteiger partial charge in [-0.25, -0.2) is 4.98 Å². The third-order valence-corrected chi connectivity index (χ3v) is 2.99. The van der Waals surface area contributed by atoms with Crippen LogP contribution in [0.3, 0.4) is 0 Å². The molecular formula is C14H19N3O. The van der Waals surface area contributed by atoms with E-state index >= 15 is 0 Å². The van der Waals surface area contributed by atoms with Crippen molar-refractivity contribution < 1.29 is 0 Å². The van der Waals surface area contributed by atoms with Crippen molar-refractivity contribution in [2.75, 3.05) is 0 Å². The van der Waals surface area contributed by atoms with Gasteiger partial charge in [0, 0.05) is 13.1 Å². The Balaban J connectivity index is 2.58. The van der Waals surface area contributed by atoms with E-state index in [0.29, 0.717) is 11.4 Å². The van der Waals surface area contributed by atoms with E-state index in [1.165, 1.54) is 0 Å². The Kier molecular flexibility index (Phi) is 3.48. The van der Waals surface area contributed by atoms with Gasteiger partial charge >= 0.3 is 0 Å². The Hall–Kier alpha value is -1.68. The van der Waals surface area contributed by atoms with Crippen LogP contribution in [0.15, 0.2) is 29.1 Å². The van der Waals surface area contributed by atoms with E-state index in [9.17, 15) is 4.79 Å². The van der Waals surface area contributed by atoms with Crippen LogP contribution in [0.1, 0.15) is 32.6 Å². The Morgan fingerprint density at radius 1 is 1.22 bits per heavy atom. The van der Waals surface area contributed by atoms with Crippen molar-refractivity contribution in [1.29, 1.82) is 0 Å². The van der Waals surface area contributed by atoms with Crippen molar-refractivity contribution >= 4 is 10.9 Å². The third kappa shape index (κ3) is 2.29. The first-order valence-corrected chi connectivity index (χ1v) is 6.22. The topological polar surface area (TPSA) is 46.9 Å². The predicted molar refractivity (Wildman–Crippen MR) is 73.7 cm³/mol. The lowest BCUT2D eigenvalue weighted by molar-refractivity contribution is 0.471. The first kappa shape index (κ1) is 12.8. The van der Waals surface area contributed by atoms with E-state index in [0.717, 1.165) is 11.3 Å². The molecule has 0 saturated heterocycles. The van der Waals surface area contributed by atoms with E-state index in [1.807, 2.05) is 31.2 Å². The molecule has 18 heavy (non-hydrogen) atoms. The number of nitrogens with zero attached hydrogens (tertiary/aromatic N) is 2. The summed E-state index contributed by atoms with van der Waals surface area (Å²) in [7, 11) is 1.77. The molecule has 2 aromatic rings. The standard InChI is InChI=1S/C14H19N3O/c1-9(2)15-10(3)13-16-12-8-6-5-7-11(12)14(18)17(13)4/h5-10,15H,1-4H3. The average Bonchev–Trinajstić information content (AvgIpc) is 2.33. The Labute approximate surface area is 107 Å². The molecule has 0 spiro atoms. The van der Waals surface area contributed by atoms with Crippen LogP contribution in [0.4, 0.5) is 0 Å². The van der Waals surface area contributed by atoms with Crippen molar-refractivity contribution in [3.63, 3.8) is 0 Å². The molecular weight excluding hydrogens is 226 g/mol. The van der Waals surface area contributed by atoms with Crippen LogP contribution < -0.4 is 10.9 Å². The molecule has 0 fully saturated rings. The van der Waals surface area contributed by atoms with Crippen LogP contribution in [0.25, 0.3) is 10.9 Å². The van der Waals surface area contributed by atoms with Gasteiger partial charge in [-0.3, -0.25) is 9.36 Å². The second kappa shape index (κ2) is 4.90. The average molecular weight is 245 g/mol. The smallest absolute Gasteiger partial charge is 0.261 e. The molecule has 4 heteroatoms. The fourth-order valence-corrected chi connectivity index (χ4v) is 2.20. The normalized spacial score (nSPS) is 13.2. The second-order valence-corrected chi connectivity index (χ2v) is 4.89. The molecule has 2 rings (SSSR count). The van der Waals surface area contributed by atoms with E-state index in [2.05, 4.69) is 24.1 Å². The zero-order valence-electron chi connectivity index (χ0n) is 11.3. The van der Waals surface area contributed by atoms with Gasteiger partial charge in [0.2, 0.25) is 0 Å². The van der Waals surface area contributed by atoms with Gasteiger partial charge in [-0.2, -0.15) is 0 Å². The van der Waals surface area contributed by atoms with Gasteiger partial charge in [-0.1, -0.05) is 26.0 Å². The van der Waals surface area contributed by atoms with Crippen molar-refractivity contribution in [1.82, 2.24) is 14.9 Å². The van der Waals surface area contributed by atoms with Gasteiger partial charge in [-0.15, -0.1) is 0 Å². The summed E-state index contributed by atoms with van der Waals surface area (Å²) < 4.78 is 1.63. The summed E-state index contributed by atoms with van der Waals surface area (Å²) in [5.74, 6) is 0.771. The highest BCUT2D eigenvalue weighted by atomic mass is 16.1. The largest absolute Gasteiger partial charge is 0.305 e. The molecule has 0 aliphatic carbocycles. The molecule has 1 unspecified atom stereocenters. The van der Waals surface area contributed by atoms with Crippen molar-refractivity contribution in [2.24, 2.45) is 7.05 Å². The van der Waals surface area contributed by atoms with Crippen LogP contribution in [0.2, 0.25) is 0 Å². The molecule has 1 aromatic heterocycles. The minimum absolute atomic E-state index is 0.00741. The lowest BCUT2D eigenvalue weighted by Gasteiger charge is -2.19. The van der Waals surface area contributed by atoms with Crippen LogP contribution in [-0.4, -0.2) is 15.6 Å². The summed E-state index contributed by atoms with van der Waals surface area (Å²) in [5.41, 5.74) is 0.765. The second-order valence-electron chi connectivity index (χ2n) is 4.89. The number of para-hydroxylation sites is 1. The lowest BCUT2D eigenvalue weighted by atomic mass is 10.2. The third-order valence-electron chi connectivity index (χ3n) is 2.99. The number of benzene rings is 1. The van der Waals surface area contributed by atoms with E-state index in [4.69, 9.17) is 0 Å². The summed E-state index contributed by atoms with van der Waals surface area (Å²) in [6.45, 7) is 6.18. The van der Waals surface area contributed by atoms with Gasteiger partial charge < -0.3 is 5.32 Å². The molecule has 0 saturated carbocycles. The zero-order chi connectivity index (χ0) is 13.3. The highest BCUT2D eigenvalue weighted by Gasteiger charge is 2.14. The minimum atomic E-state index is 0.00741. The van der Waals surface area contributed by atoms with Gasteiger partial charge in [0.1, 0.15) is 5.82 Å². The Morgan fingerprint density at radius 2 is 1.89 bits per heavy atom.